The van der Waals surface area contributed by atoms with E-state index in [1.807, 2.05) is 11.8 Å². The molecule has 0 aromatic rings. The number of nitrogens with two attached hydrogens (primary N) is 1. The second-order valence-corrected chi connectivity index (χ2v) is 6.14. The molecule has 1 aliphatic carbocycles. The van der Waals surface area contributed by atoms with Crippen LogP contribution in [0.15, 0.2) is 0 Å². The fraction of sp³-hybridized carbons (Fsp3) is 0.909. The van der Waals surface area contributed by atoms with Crippen molar-refractivity contribution in [1.82, 2.24) is 0 Å². The molecule has 0 saturated heterocycles. The van der Waals surface area contributed by atoms with E-state index in [0.717, 1.165) is 5.75 Å². The molecule has 3 nitrogen and oxygen atoms in total. The smallest absolute Gasteiger partial charge is 0.306 e. The normalized spacial score (nSPS) is 29.1. The first-order chi connectivity index (χ1) is 6.97. The minimum Gasteiger partial charge on any atom is -0.469 e. The van der Waals surface area contributed by atoms with Crippen LogP contribution >= 0.6 is 11.8 Å². The molecule has 2 unspecified atom stereocenters. The molecule has 0 bridgehead atoms. The molecular weight excluding hydrogens is 210 g/mol. The summed E-state index contributed by atoms with van der Waals surface area (Å²) < 4.78 is 4.60. The Balaban J connectivity index is 2.26. The summed E-state index contributed by atoms with van der Waals surface area (Å²) in [5.41, 5.74) is 6.42. The van der Waals surface area contributed by atoms with Gasteiger partial charge in [-0.2, -0.15) is 11.8 Å². The summed E-state index contributed by atoms with van der Waals surface area (Å²) in [4.78, 5) is 10.9. The number of rotatable bonds is 4. The molecule has 0 aromatic heterocycles. The van der Waals surface area contributed by atoms with Crippen molar-refractivity contribution in [2.24, 2.45) is 11.1 Å². The van der Waals surface area contributed by atoms with E-state index in [9.17, 15) is 4.79 Å². The first kappa shape index (κ1) is 12.8. The molecule has 0 heterocycles. The average Bonchev–Trinajstić information content (AvgIpc) is 2.44. The summed E-state index contributed by atoms with van der Waals surface area (Å²) in [6.45, 7) is 4.44. The van der Waals surface area contributed by atoms with Gasteiger partial charge >= 0.3 is 5.97 Å². The minimum absolute atomic E-state index is 0.131. The van der Waals surface area contributed by atoms with Crippen molar-refractivity contribution in [2.75, 3.05) is 12.9 Å². The van der Waals surface area contributed by atoms with Crippen LogP contribution in [0.2, 0.25) is 0 Å². The number of thioether (sulfide) groups is 1. The summed E-state index contributed by atoms with van der Waals surface area (Å²) in [5.74, 6) is 0.689. The molecule has 4 heteroatoms. The van der Waals surface area contributed by atoms with Gasteiger partial charge in [0.05, 0.1) is 13.5 Å². The van der Waals surface area contributed by atoms with Gasteiger partial charge in [0.2, 0.25) is 0 Å². The van der Waals surface area contributed by atoms with Crippen molar-refractivity contribution < 1.29 is 9.53 Å². The topological polar surface area (TPSA) is 52.3 Å². The second-order valence-electron chi connectivity index (χ2n) is 4.79. The van der Waals surface area contributed by atoms with Gasteiger partial charge in [0.15, 0.2) is 0 Å². The van der Waals surface area contributed by atoms with Gasteiger partial charge in [0.25, 0.3) is 0 Å². The van der Waals surface area contributed by atoms with Crippen molar-refractivity contribution in [1.29, 1.82) is 0 Å². The van der Waals surface area contributed by atoms with E-state index in [1.54, 1.807) is 0 Å². The van der Waals surface area contributed by atoms with E-state index < -0.39 is 0 Å². The summed E-state index contributed by atoms with van der Waals surface area (Å²) in [6.07, 6.45) is 2.84. The highest BCUT2D eigenvalue weighted by atomic mass is 32.2. The van der Waals surface area contributed by atoms with E-state index in [4.69, 9.17) is 5.73 Å². The van der Waals surface area contributed by atoms with Gasteiger partial charge < -0.3 is 10.5 Å². The second kappa shape index (κ2) is 5.21. The van der Waals surface area contributed by atoms with Gasteiger partial charge in [-0.15, -0.1) is 0 Å². The first-order valence-corrected chi connectivity index (χ1v) is 6.46. The number of methoxy groups -OCH3 is 1. The van der Waals surface area contributed by atoms with E-state index in [1.165, 1.54) is 20.0 Å². The molecule has 1 fully saturated rings. The molecule has 0 radical (unpaired) electrons. The molecule has 15 heavy (non-hydrogen) atoms. The maximum Gasteiger partial charge on any atom is 0.306 e. The van der Waals surface area contributed by atoms with Crippen LogP contribution in [0.4, 0.5) is 0 Å². The van der Waals surface area contributed by atoms with Crippen molar-refractivity contribution in [3.63, 3.8) is 0 Å². The van der Waals surface area contributed by atoms with Crippen LogP contribution in [-0.4, -0.2) is 30.1 Å². The molecule has 0 spiro atoms. The fourth-order valence-electron chi connectivity index (χ4n) is 1.95. The third kappa shape index (κ3) is 3.38. The predicted molar refractivity (Wildman–Crippen MR) is 63.9 cm³/mol. The van der Waals surface area contributed by atoms with Gasteiger partial charge in [-0.25, -0.2) is 0 Å². The largest absolute Gasteiger partial charge is 0.469 e. The van der Waals surface area contributed by atoms with Crippen molar-refractivity contribution in [3.05, 3.63) is 0 Å². The van der Waals surface area contributed by atoms with Gasteiger partial charge in [0.1, 0.15) is 0 Å². The lowest BCUT2D eigenvalue weighted by atomic mass is 9.88. The molecular formula is C11H21NO2S. The first-order valence-electron chi connectivity index (χ1n) is 5.41. The van der Waals surface area contributed by atoms with E-state index in [-0.39, 0.29) is 17.4 Å². The SMILES string of the molecule is COC(=O)CCSC1CCC(C)(C)C1N. The summed E-state index contributed by atoms with van der Waals surface area (Å²) >= 11 is 1.81. The summed E-state index contributed by atoms with van der Waals surface area (Å²) in [6, 6.07) is 0.250. The van der Waals surface area contributed by atoms with Crippen LogP contribution < -0.4 is 5.73 Å². The van der Waals surface area contributed by atoms with Crippen molar-refractivity contribution in [3.8, 4) is 0 Å². The maximum absolute atomic E-state index is 10.9. The molecule has 2 atom stereocenters. The Morgan fingerprint density at radius 2 is 2.27 bits per heavy atom. The molecule has 0 aliphatic heterocycles. The zero-order valence-corrected chi connectivity index (χ0v) is 10.6. The van der Waals surface area contributed by atoms with Gasteiger partial charge in [0, 0.05) is 17.0 Å². The standard InChI is InChI=1S/C11H21NO2S/c1-11(2)6-4-8(10(11)12)15-7-5-9(13)14-3/h8,10H,4-7,12H2,1-3H3. The fourth-order valence-corrected chi connectivity index (χ4v) is 3.39. The van der Waals surface area contributed by atoms with Gasteiger partial charge in [-0.1, -0.05) is 13.8 Å². The number of hydrogen-bond acceptors (Lipinski definition) is 4. The Hall–Kier alpha value is -0.220. The third-order valence-electron chi connectivity index (χ3n) is 3.24. The van der Waals surface area contributed by atoms with Crippen LogP contribution in [-0.2, 0) is 9.53 Å². The molecule has 1 rings (SSSR count). The monoisotopic (exact) mass is 231 g/mol. The number of ether oxygens (including phenoxy) is 1. The third-order valence-corrected chi connectivity index (χ3v) is 4.64. The quantitative estimate of drug-likeness (QED) is 0.750. The minimum atomic E-state index is -0.131. The van der Waals surface area contributed by atoms with E-state index in [2.05, 4.69) is 18.6 Å². The zero-order valence-electron chi connectivity index (χ0n) is 9.79. The Morgan fingerprint density at radius 3 is 2.73 bits per heavy atom. The van der Waals surface area contributed by atoms with Crippen LogP contribution in [0.1, 0.15) is 33.1 Å². The maximum atomic E-state index is 10.9. The van der Waals surface area contributed by atoms with Crippen LogP contribution in [0.3, 0.4) is 0 Å². The Kier molecular flexibility index (Phi) is 4.46. The molecule has 0 amide bonds. The molecule has 88 valence electrons. The van der Waals surface area contributed by atoms with Crippen LogP contribution in [0, 0.1) is 5.41 Å². The Morgan fingerprint density at radius 1 is 1.60 bits per heavy atom. The molecule has 2 N–H and O–H groups in total. The van der Waals surface area contributed by atoms with Crippen molar-refractivity contribution >= 4 is 17.7 Å². The average molecular weight is 231 g/mol. The summed E-state index contributed by atoms with van der Waals surface area (Å²) in [5, 5.41) is 0.504. The Labute approximate surface area is 96.1 Å². The van der Waals surface area contributed by atoms with Crippen LogP contribution in [0.5, 0.6) is 0 Å². The lowest BCUT2D eigenvalue weighted by Crippen LogP contribution is -2.38. The highest BCUT2D eigenvalue weighted by Gasteiger charge is 2.39. The van der Waals surface area contributed by atoms with E-state index >= 15 is 0 Å². The molecule has 1 aliphatic rings. The highest BCUT2D eigenvalue weighted by Crippen LogP contribution is 2.41. The summed E-state index contributed by atoms with van der Waals surface area (Å²) in [7, 11) is 1.43. The lowest BCUT2D eigenvalue weighted by molar-refractivity contribution is -0.140. The molecule has 0 aromatic carbocycles. The van der Waals surface area contributed by atoms with E-state index in [0.29, 0.717) is 11.7 Å². The molecule has 1 saturated carbocycles. The van der Waals surface area contributed by atoms with Gasteiger partial charge in [-0.05, 0) is 18.3 Å². The number of carbonyl (C=O) groups excluding carboxylic acids is 1. The zero-order chi connectivity index (χ0) is 11.5. The van der Waals surface area contributed by atoms with Gasteiger partial charge in [-0.3, -0.25) is 4.79 Å². The number of hydrogen-bond donors (Lipinski definition) is 1. The number of carbonyl (C=O) groups is 1. The lowest BCUT2D eigenvalue weighted by Gasteiger charge is -2.26. The highest BCUT2D eigenvalue weighted by molar-refractivity contribution is 8.00. The van der Waals surface area contributed by atoms with Crippen molar-refractivity contribution in [2.45, 2.75) is 44.4 Å². The predicted octanol–water partition coefficient (Wildman–Crippen LogP) is 1.80. The Bertz CT molecular complexity index is 231. The van der Waals surface area contributed by atoms with Crippen LogP contribution in [0.25, 0.3) is 0 Å². The number of esters is 1.